The zero-order chi connectivity index (χ0) is 10.4. The molecule has 0 aliphatic rings. The Morgan fingerprint density at radius 3 is 1.92 bits per heavy atom. The average molecular weight is 187 g/mol. The van der Waals surface area contributed by atoms with Gasteiger partial charge in [0.2, 0.25) is 0 Å². The van der Waals surface area contributed by atoms with Crippen LogP contribution in [0.2, 0.25) is 0 Å². The highest BCUT2D eigenvalue weighted by atomic mass is 16.5. The molecule has 0 heterocycles. The summed E-state index contributed by atoms with van der Waals surface area (Å²) in [5.41, 5.74) is 0. The highest BCUT2D eigenvalue weighted by Crippen LogP contribution is 2.19. The molecule has 0 N–H and O–H groups in total. The molecule has 3 atom stereocenters. The minimum absolute atomic E-state index is 0.366. The maximum Gasteiger partial charge on any atom is 0.0726 e. The van der Waals surface area contributed by atoms with Crippen LogP contribution in [-0.4, -0.2) is 38.3 Å². The Kier molecular flexibility index (Phi) is 6.35. The molecule has 0 fully saturated rings. The van der Waals surface area contributed by atoms with Gasteiger partial charge in [0.05, 0.1) is 6.10 Å². The van der Waals surface area contributed by atoms with E-state index < -0.39 is 0 Å². The highest BCUT2D eigenvalue weighted by molar-refractivity contribution is 4.80. The molecule has 0 radical (unpaired) electrons. The molecule has 2 nitrogen and oxygen atoms in total. The van der Waals surface area contributed by atoms with Gasteiger partial charge >= 0.3 is 0 Å². The summed E-state index contributed by atoms with van der Waals surface area (Å²) in [5.74, 6) is 0.694. The van der Waals surface area contributed by atoms with Gasteiger partial charge in [-0.3, -0.25) is 0 Å². The number of nitrogens with zero attached hydrogens (tertiary/aromatic N) is 1. The van der Waals surface area contributed by atoms with E-state index in [0.717, 1.165) is 6.42 Å². The van der Waals surface area contributed by atoms with Crippen LogP contribution in [0.25, 0.3) is 0 Å². The number of ether oxygens (including phenoxy) is 1. The molecular weight excluding hydrogens is 162 g/mol. The zero-order valence-corrected chi connectivity index (χ0v) is 10.0. The Morgan fingerprint density at radius 2 is 1.69 bits per heavy atom. The average Bonchev–Trinajstić information content (AvgIpc) is 2.12. The molecule has 0 rings (SSSR count). The van der Waals surface area contributed by atoms with Crippen molar-refractivity contribution in [1.82, 2.24) is 4.90 Å². The van der Waals surface area contributed by atoms with Crippen molar-refractivity contribution in [2.45, 2.75) is 45.8 Å². The van der Waals surface area contributed by atoms with Gasteiger partial charge in [0, 0.05) is 13.2 Å². The fourth-order valence-corrected chi connectivity index (χ4v) is 2.00. The Labute approximate surface area is 83.3 Å². The quantitative estimate of drug-likeness (QED) is 0.633. The maximum absolute atomic E-state index is 5.50. The van der Waals surface area contributed by atoms with Crippen LogP contribution in [0.4, 0.5) is 0 Å². The summed E-state index contributed by atoms with van der Waals surface area (Å²) in [6.07, 6.45) is 2.66. The Hall–Kier alpha value is -0.0800. The third kappa shape index (κ3) is 3.65. The largest absolute Gasteiger partial charge is 0.380 e. The molecule has 0 aliphatic carbocycles. The fraction of sp³-hybridized carbons (Fsp3) is 1.00. The molecular formula is C11H25NO. The van der Waals surface area contributed by atoms with Crippen molar-refractivity contribution in [3.05, 3.63) is 0 Å². The van der Waals surface area contributed by atoms with E-state index in [4.69, 9.17) is 4.74 Å². The van der Waals surface area contributed by atoms with Crippen LogP contribution in [0.3, 0.4) is 0 Å². The van der Waals surface area contributed by atoms with E-state index in [1.807, 2.05) is 7.11 Å². The molecule has 0 aromatic heterocycles. The van der Waals surface area contributed by atoms with Crippen LogP contribution >= 0.6 is 0 Å². The molecule has 0 aromatic carbocycles. The zero-order valence-electron chi connectivity index (χ0n) is 10.0. The third-order valence-corrected chi connectivity index (χ3v) is 2.91. The monoisotopic (exact) mass is 187 g/mol. The van der Waals surface area contributed by atoms with Crippen LogP contribution in [0.15, 0.2) is 0 Å². The van der Waals surface area contributed by atoms with E-state index in [1.165, 1.54) is 6.42 Å². The third-order valence-electron chi connectivity index (χ3n) is 2.91. The topological polar surface area (TPSA) is 12.5 Å². The molecule has 0 saturated heterocycles. The highest BCUT2D eigenvalue weighted by Gasteiger charge is 2.26. The van der Waals surface area contributed by atoms with Gasteiger partial charge in [-0.1, -0.05) is 27.2 Å². The lowest BCUT2D eigenvalue weighted by atomic mass is 9.92. The van der Waals surface area contributed by atoms with E-state index in [-0.39, 0.29) is 0 Å². The van der Waals surface area contributed by atoms with Crippen molar-refractivity contribution < 1.29 is 4.74 Å². The van der Waals surface area contributed by atoms with E-state index in [2.05, 4.69) is 39.8 Å². The molecule has 0 aliphatic heterocycles. The summed E-state index contributed by atoms with van der Waals surface area (Å²) >= 11 is 0. The Bertz CT molecular complexity index is 121. The predicted octanol–water partition coefficient (Wildman–Crippen LogP) is 2.39. The van der Waals surface area contributed by atoms with Crippen LogP contribution in [-0.2, 0) is 4.74 Å². The molecule has 3 unspecified atom stereocenters. The van der Waals surface area contributed by atoms with Gasteiger partial charge in [0.1, 0.15) is 0 Å². The van der Waals surface area contributed by atoms with Gasteiger partial charge in [-0.2, -0.15) is 0 Å². The first kappa shape index (κ1) is 12.9. The SMILES string of the molecule is CCC(C)C(C(CC)OC)N(C)C. The standard InChI is InChI=1S/C11H25NO/c1-7-9(3)11(12(4)5)10(8-2)13-6/h9-11H,7-8H2,1-6H3. The lowest BCUT2D eigenvalue weighted by Crippen LogP contribution is -2.44. The second-order valence-corrected chi connectivity index (χ2v) is 4.02. The van der Waals surface area contributed by atoms with Crippen LogP contribution in [0, 0.1) is 5.92 Å². The summed E-state index contributed by atoms with van der Waals surface area (Å²) in [5, 5.41) is 0. The molecule has 0 aromatic rings. The minimum Gasteiger partial charge on any atom is -0.380 e. The van der Waals surface area contributed by atoms with Crippen molar-refractivity contribution in [2.24, 2.45) is 5.92 Å². The van der Waals surface area contributed by atoms with Gasteiger partial charge in [0.25, 0.3) is 0 Å². The molecule has 0 bridgehead atoms. The van der Waals surface area contributed by atoms with Crippen LogP contribution in [0.1, 0.15) is 33.6 Å². The fourth-order valence-electron chi connectivity index (χ4n) is 2.00. The molecule has 2 heteroatoms. The summed E-state index contributed by atoms with van der Waals surface area (Å²) in [7, 11) is 6.09. The van der Waals surface area contributed by atoms with Gasteiger partial charge in [-0.05, 0) is 26.4 Å². The first-order valence-electron chi connectivity index (χ1n) is 5.27. The van der Waals surface area contributed by atoms with E-state index in [1.54, 1.807) is 0 Å². The van der Waals surface area contributed by atoms with E-state index in [9.17, 15) is 0 Å². The number of hydrogen-bond donors (Lipinski definition) is 0. The van der Waals surface area contributed by atoms with Crippen molar-refractivity contribution in [3.63, 3.8) is 0 Å². The first-order chi connectivity index (χ1) is 6.08. The molecule has 80 valence electrons. The predicted molar refractivity (Wildman–Crippen MR) is 58.0 cm³/mol. The van der Waals surface area contributed by atoms with Gasteiger partial charge in [-0.15, -0.1) is 0 Å². The Balaban J connectivity index is 4.38. The summed E-state index contributed by atoms with van der Waals surface area (Å²) in [6.45, 7) is 6.73. The second kappa shape index (κ2) is 6.39. The Morgan fingerprint density at radius 1 is 1.15 bits per heavy atom. The lowest BCUT2D eigenvalue weighted by molar-refractivity contribution is 0.00670. The number of likely N-dealkylation sites (N-methyl/N-ethyl adjacent to an activating group) is 1. The van der Waals surface area contributed by atoms with Crippen molar-refractivity contribution in [3.8, 4) is 0 Å². The van der Waals surface area contributed by atoms with Crippen molar-refractivity contribution in [2.75, 3.05) is 21.2 Å². The normalized spacial score (nSPS) is 18.7. The minimum atomic E-state index is 0.366. The van der Waals surface area contributed by atoms with Crippen molar-refractivity contribution >= 4 is 0 Å². The van der Waals surface area contributed by atoms with Gasteiger partial charge in [0.15, 0.2) is 0 Å². The van der Waals surface area contributed by atoms with Crippen molar-refractivity contribution in [1.29, 1.82) is 0 Å². The molecule has 0 amide bonds. The molecule has 0 spiro atoms. The second-order valence-electron chi connectivity index (χ2n) is 4.02. The first-order valence-corrected chi connectivity index (χ1v) is 5.27. The molecule has 13 heavy (non-hydrogen) atoms. The summed E-state index contributed by atoms with van der Waals surface area (Å²) in [6, 6.07) is 0.542. The van der Waals surface area contributed by atoms with E-state index in [0.29, 0.717) is 18.1 Å². The van der Waals surface area contributed by atoms with Gasteiger partial charge in [-0.25, -0.2) is 0 Å². The smallest absolute Gasteiger partial charge is 0.0726 e. The molecule has 0 saturated carbocycles. The summed E-state index contributed by atoms with van der Waals surface area (Å²) < 4.78 is 5.50. The van der Waals surface area contributed by atoms with Crippen LogP contribution < -0.4 is 0 Å². The lowest BCUT2D eigenvalue weighted by Gasteiger charge is -2.35. The van der Waals surface area contributed by atoms with E-state index >= 15 is 0 Å². The number of rotatable bonds is 6. The maximum atomic E-state index is 5.50. The number of methoxy groups -OCH3 is 1. The van der Waals surface area contributed by atoms with Gasteiger partial charge < -0.3 is 9.64 Å². The number of hydrogen-bond acceptors (Lipinski definition) is 2. The summed E-state index contributed by atoms with van der Waals surface area (Å²) in [4.78, 5) is 2.28. The van der Waals surface area contributed by atoms with Crippen LogP contribution in [0.5, 0.6) is 0 Å².